The first-order valence-corrected chi connectivity index (χ1v) is 11.4. The van der Waals surface area contributed by atoms with E-state index >= 15 is 0 Å². The maximum Gasteiger partial charge on any atom is 0.270 e. The van der Waals surface area contributed by atoms with Gasteiger partial charge in [0.2, 0.25) is 5.91 Å². The lowest BCUT2D eigenvalue weighted by Gasteiger charge is -2.36. The zero-order valence-corrected chi connectivity index (χ0v) is 18.2. The van der Waals surface area contributed by atoms with E-state index in [1.807, 2.05) is 53.4 Å². The number of benzene rings is 2. The largest absolute Gasteiger partial charge is 0.368 e. The number of piperazine rings is 1. The molecule has 4 rings (SSSR count). The summed E-state index contributed by atoms with van der Waals surface area (Å²) in [7, 11) is 0. The van der Waals surface area contributed by atoms with Gasteiger partial charge in [0.1, 0.15) is 5.69 Å². The molecule has 31 heavy (non-hydrogen) atoms. The SMILES string of the molecule is O=C(NCCC(=O)N1CCN(c2ccccc2)CC1)c1csc(Cc2ccccc2)n1. The van der Waals surface area contributed by atoms with Gasteiger partial charge in [0.25, 0.3) is 5.91 Å². The molecule has 0 bridgehead atoms. The number of carbonyl (C=O) groups excluding carboxylic acids is 2. The Bertz CT molecular complexity index is 999. The number of aromatic nitrogens is 1. The van der Waals surface area contributed by atoms with Crippen LogP contribution in [0.5, 0.6) is 0 Å². The van der Waals surface area contributed by atoms with Gasteiger partial charge in [-0.1, -0.05) is 48.5 Å². The van der Waals surface area contributed by atoms with Crippen LogP contribution >= 0.6 is 11.3 Å². The summed E-state index contributed by atoms with van der Waals surface area (Å²) in [5, 5.41) is 5.51. The molecule has 1 N–H and O–H groups in total. The highest BCUT2D eigenvalue weighted by Crippen LogP contribution is 2.16. The molecule has 0 atom stereocenters. The topological polar surface area (TPSA) is 65.5 Å². The molecule has 0 saturated carbocycles. The number of hydrogen-bond donors (Lipinski definition) is 1. The van der Waals surface area contributed by atoms with Crippen LogP contribution in [-0.4, -0.2) is 54.4 Å². The van der Waals surface area contributed by atoms with Crippen LogP contribution in [0, 0.1) is 0 Å². The van der Waals surface area contributed by atoms with E-state index in [4.69, 9.17) is 0 Å². The molecule has 0 spiro atoms. The average Bonchev–Trinajstić information content (AvgIpc) is 3.29. The first-order valence-electron chi connectivity index (χ1n) is 10.5. The quantitative estimate of drug-likeness (QED) is 0.620. The molecule has 1 saturated heterocycles. The Morgan fingerprint density at radius 3 is 2.32 bits per heavy atom. The molecule has 2 aromatic carbocycles. The normalized spacial score (nSPS) is 13.8. The molecule has 160 valence electrons. The highest BCUT2D eigenvalue weighted by Gasteiger charge is 2.21. The number of rotatable bonds is 7. The predicted octanol–water partition coefficient (Wildman–Crippen LogP) is 3.20. The number of hydrogen-bond acceptors (Lipinski definition) is 5. The number of nitrogens with one attached hydrogen (secondary N) is 1. The number of carbonyl (C=O) groups is 2. The molecule has 1 aliphatic rings. The second-order valence-corrected chi connectivity index (χ2v) is 8.44. The summed E-state index contributed by atoms with van der Waals surface area (Å²) >= 11 is 1.48. The molecular weight excluding hydrogens is 408 g/mol. The van der Waals surface area contributed by atoms with Crippen LogP contribution < -0.4 is 10.2 Å². The van der Waals surface area contributed by atoms with Crippen molar-refractivity contribution in [3.8, 4) is 0 Å². The fourth-order valence-corrected chi connectivity index (χ4v) is 4.46. The Morgan fingerprint density at radius 2 is 1.61 bits per heavy atom. The van der Waals surface area contributed by atoms with Gasteiger partial charge < -0.3 is 15.1 Å². The Labute approximate surface area is 186 Å². The van der Waals surface area contributed by atoms with Gasteiger partial charge in [0.15, 0.2) is 0 Å². The number of anilines is 1. The Balaban J connectivity index is 1.19. The minimum absolute atomic E-state index is 0.0797. The van der Waals surface area contributed by atoms with Crippen molar-refractivity contribution in [3.63, 3.8) is 0 Å². The third-order valence-electron chi connectivity index (χ3n) is 5.36. The van der Waals surface area contributed by atoms with Gasteiger partial charge in [-0.25, -0.2) is 4.98 Å². The van der Waals surface area contributed by atoms with Gasteiger partial charge in [-0.2, -0.15) is 0 Å². The van der Waals surface area contributed by atoms with Crippen molar-refractivity contribution in [3.05, 3.63) is 82.3 Å². The van der Waals surface area contributed by atoms with Crippen molar-refractivity contribution in [2.75, 3.05) is 37.6 Å². The fourth-order valence-electron chi connectivity index (χ4n) is 3.65. The van der Waals surface area contributed by atoms with E-state index in [0.717, 1.165) is 18.1 Å². The van der Waals surface area contributed by atoms with Crippen LogP contribution in [0.15, 0.2) is 66.0 Å². The molecule has 7 heteroatoms. The molecule has 2 amide bonds. The highest BCUT2D eigenvalue weighted by molar-refractivity contribution is 7.09. The second-order valence-electron chi connectivity index (χ2n) is 7.50. The van der Waals surface area contributed by atoms with Crippen LogP contribution in [0.25, 0.3) is 0 Å². The van der Waals surface area contributed by atoms with Crippen LogP contribution in [-0.2, 0) is 11.2 Å². The summed E-state index contributed by atoms with van der Waals surface area (Å²) in [5.41, 5.74) is 2.78. The summed E-state index contributed by atoms with van der Waals surface area (Å²) in [6.45, 7) is 3.38. The number of nitrogens with zero attached hydrogens (tertiary/aromatic N) is 3. The van der Waals surface area contributed by atoms with Crippen LogP contribution in [0.4, 0.5) is 5.69 Å². The maximum atomic E-state index is 12.5. The minimum atomic E-state index is -0.225. The number of thiazole rings is 1. The summed E-state index contributed by atoms with van der Waals surface area (Å²) in [4.78, 5) is 33.5. The summed E-state index contributed by atoms with van der Waals surface area (Å²) in [6, 6.07) is 20.3. The second kappa shape index (κ2) is 10.2. The van der Waals surface area contributed by atoms with Crippen LogP contribution in [0.1, 0.15) is 27.5 Å². The zero-order chi connectivity index (χ0) is 21.5. The van der Waals surface area contributed by atoms with Gasteiger partial charge >= 0.3 is 0 Å². The fraction of sp³-hybridized carbons (Fsp3) is 0.292. The molecular formula is C24H26N4O2S. The van der Waals surface area contributed by atoms with Crippen molar-refractivity contribution in [1.29, 1.82) is 0 Å². The van der Waals surface area contributed by atoms with Gasteiger partial charge in [0.05, 0.1) is 5.01 Å². The smallest absolute Gasteiger partial charge is 0.270 e. The van der Waals surface area contributed by atoms with E-state index in [0.29, 0.717) is 38.2 Å². The van der Waals surface area contributed by atoms with Crippen LogP contribution in [0.2, 0.25) is 0 Å². The Kier molecular flexibility index (Phi) is 6.94. The summed E-state index contributed by atoms with van der Waals surface area (Å²) in [6.07, 6.45) is 1.02. The summed E-state index contributed by atoms with van der Waals surface area (Å²) in [5.74, 6) is -0.145. The van der Waals surface area contributed by atoms with E-state index in [-0.39, 0.29) is 11.8 Å². The third kappa shape index (κ3) is 5.70. The van der Waals surface area contributed by atoms with E-state index in [1.165, 1.54) is 22.6 Å². The predicted molar refractivity (Wildman–Crippen MR) is 124 cm³/mol. The van der Waals surface area contributed by atoms with E-state index in [9.17, 15) is 9.59 Å². The average molecular weight is 435 g/mol. The number of para-hydroxylation sites is 1. The molecule has 1 aliphatic heterocycles. The number of amides is 2. The minimum Gasteiger partial charge on any atom is -0.368 e. The zero-order valence-electron chi connectivity index (χ0n) is 17.4. The van der Waals surface area contributed by atoms with Gasteiger partial charge in [-0.3, -0.25) is 9.59 Å². The molecule has 0 unspecified atom stereocenters. The van der Waals surface area contributed by atoms with Crippen molar-refractivity contribution < 1.29 is 9.59 Å². The molecule has 2 heterocycles. The molecule has 6 nitrogen and oxygen atoms in total. The van der Waals surface area contributed by atoms with Crippen molar-refractivity contribution in [2.45, 2.75) is 12.8 Å². The monoisotopic (exact) mass is 434 g/mol. The molecule has 1 fully saturated rings. The van der Waals surface area contributed by atoms with Crippen molar-refractivity contribution in [1.82, 2.24) is 15.2 Å². The van der Waals surface area contributed by atoms with Gasteiger partial charge in [-0.05, 0) is 17.7 Å². The highest BCUT2D eigenvalue weighted by atomic mass is 32.1. The lowest BCUT2D eigenvalue weighted by Crippen LogP contribution is -2.49. The Hall–Kier alpha value is -3.19. The van der Waals surface area contributed by atoms with Crippen molar-refractivity contribution in [2.24, 2.45) is 0 Å². The lowest BCUT2D eigenvalue weighted by molar-refractivity contribution is -0.131. The van der Waals surface area contributed by atoms with E-state index in [1.54, 1.807) is 5.38 Å². The van der Waals surface area contributed by atoms with Gasteiger partial charge in [-0.15, -0.1) is 11.3 Å². The lowest BCUT2D eigenvalue weighted by atomic mass is 10.2. The van der Waals surface area contributed by atoms with Crippen LogP contribution in [0.3, 0.4) is 0 Å². The molecule has 0 radical (unpaired) electrons. The molecule has 1 aromatic heterocycles. The molecule has 0 aliphatic carbocycles. The molecule has 3 aromatic rings. The van der Waals surface area contributed by atoms with E-state index in [2.05, 4.69) is 27.3 Å². The van der Waals surface area contributed by atoms with E-state index < -0.39 is 0 Å². The van der Waals surface area contributed by atoms with Crippen molar-refractivity contribution >= 4 is 28.8 Å². The standard InChI is InChI=1S/C24H26N4O2S/c29-23(28-15-13-27(14-16-28)20-9-5-2-6-10-20)11-12-25-24(30)21-18-31-22(26-21)17-19-7-3-1-4-8-19/h1-10,18H,11-17H2,(H,25,30). The summed E-state index contributed by atoms with van der Waals surface area (Å²) < 4.78 is 0. The third-order valence-corrected chi connectivity index (χ3v) is 6.21. The first kappa shape index (κ1) is 21.1. The van der Waals surface area contributed by atoms with Gasteiger partial charge in [0, 0.05) is 56.6 Å². The first-order chi connectivity index (χ1) is 15.2. The maximum absolute atomic E-state index is 12.5. The Morgan fingerprint density at radius 1 is 0.935 bits per heavy atom.